The van der Waals surface area contributed by atoms with Gasteiger partial charge in [-0.25, -0.2) is 4.79 Å². The van der Waals surface area contributed by atoms with Crippen molar-refractivity contribution in [1.82, 2.24) is 0 Å². The van der Waals surface area contributed by atoms with Crippen LogP contribution in [0.5, 0.6) is 5.75 Å². The Kier molecular flexibility index (Phi) is 4.17. The average molecular weight is 264 g/mol. The van der Waals surface area contributed by atoms with Crippen LogP contribution in [-0.2, 0) is 0 Å². The first-order chi connectivity index (χ1) is 8.45. The number of nitrogens with one attached hydrogen (secondary N) is 1. The van der Waals surface area contributed by atoms with Gasteiger partial charge in [0, 0.05) is 0 Å². The molecule has 5 N–H and O–H groups in total. The summed E-state index contributed by atoms with van der Waals surface area (Å²) in [5.74, 6) is -1.65. The number of aromatic carboxylic acids is 1. The largest absolute Gasteiger partial charge is 0.507 e. The molecule has 0 saturated heterocycles. The minimum absolute atomic E-state index is 0.178. The van der Waals surface area contributed by atoms with Crippen LogP contribution in [-0.4, -0.2) is 26.9 Å². The number of carboxylic acid groups (broad SMARTS) is 1. The van der Waals surface area contributed by atoms with E-state index in [0.29, 0.717) is 0 Å². The van der Waals surface area contributed by atoms with Gasteiger partial charge in [0.1, 0.15) is 22.4 Å². The first-order valence-corrected chi connectivity index (χ1v) is 4.96. The molecule has 1 aromatic carbocycles. The Morgan fingerprint density at radius 1 is 1.56 bits per heavy atom. The molecule has 0 aliphatic rings. The molecule has 0 aromatic heterocycles. The Morgan fingerprint density at radius 3 is 2.72 bits per heavy atom. The van der Waals surface area contributed by atoms with Crippen molar-refractivity contribution in [1.29, 1.82) is 5.26 Å². The van der Waals surface area contributed by atoms with E-state index in [-0.39, 0.29) is 27.7 Å². The van der Waals surface area contributed by atoms with E-state index >= 15 is 0 Å². The number of hydrogen-bond donors (Lipinski definition) is 4. The molecule has 0 saturated carbocycles. The van der Waals surface area contributed by atoms with E-state index in [9.17, 15) is 9.90 Å². The number of rotatable bonds is 4. The average Bonchev–Trinajstić information content (AvgIpc) is 2.31. The molecule has 0 aliphatic carbocycles. The maximum Gasteiger partial charge on any atom is 0.339 e. The highest BCUT2D eigenvalue weighted by molar-refractivity contribution is 7.82. The lowest BCUT2D eigenvalue weighted by Gasteiger charge is -2.04. The maximum absolute atomic E-state index is 10.8. The van der Waals surface area contributed by atoms with Crippen LogP contribution < -0.4 is 11.2 Å². The highest BCUT2D eigenvalue weighted by atomic mass is 32.1. The zero-order chi connectivity index (χ0) is 13.7. The van der Waals surface area contributed by atoms with Crippen LogP contribution in [0.4, 0.5) is 5.69 Å². The first kappa shape index (κ1) is 13.4. The molecule has 1 aromatic rings. The normalized spacial score (nSPS) is 10.5. The van der Waals surface area contributed by atoms with Crippen LogP contribution in [0.1, 0.15) is 10.4 Å². The van der Waals surface area contributed by atoms with Crippen molar-refractivity contribution in [2.24, 2.45) is 10.8 Å². The van der Waals surface area contributed by atoms with Gasteiger partial charge in [-0.2, -0.15) is 10.4 Å². The van der Waals surface area contributed by atoms with Gasteiger partial charge in [-0.05, 0) is 18.2 Å². The summed E-state index contributed by atoms with van der Waals surface area (Å²) >= 11 is 4.57. The third-order valence-electron chi connectivity index (χ3n) is 1.86. The molecule has 0 atom stereocenters. The molecular formula is C10H8N4O3S. The Hall–Kier alpha value is -2.66. The maximum atomic E-state index is 10.8. The van der Waals surface area contributed by atoms with Gasteiger partial charge in [-0.3, -0.25) is 5.43 Å². The number of aromatic hydroxyl groups is 1. The number of carboxylic acids is 1. The molecule has 0 heterocycles. The van der Waals surface area contributed by atoms with Crippen LogP contribution in [0.15, 0.2) is 23.3 Å². The van der Waals surface area contributed by atoms with Crippen LogP contribution in [0.25, 0.3) is 0 Å². The molecule has 8 heteroatoms. The number of phenols is 1. The third-order valence-corrected chi connectivity index (χ3v) is 2.06. The number of nitrogens with zero attached hydrogens (tertiary/aromatic N) is 2. The second kappa shape index (κ2) is 5.60. The highest BCUT2D eigenvalue weighted by Crippen LogP contribution is 2.21. The number of hydrogen-bond acceptors (Lipinski definition) is 6. The fourth-order valence-corrected chi connectivity index (χ4v) is 1.12. The summed E-state index contributed by atoms with van der Waals surface area (Å²) in [4.78, 5) is 10.6. The molecule has 1 rings (SSSR count). The molecule has 18 heavy (non-hydrogen) atoms. The summed E-state index contributed by atoms with van der Waals surface area (Å²) in [7, 11) is 0. The van der Waals surface area contributed by atoms with Gasteiger partial charge in [-0.1, -0.05) is 12.2 Å². The van der Waals surface area contributed by atoms with E-state index < -0.39 is 5.97 Å². The van der Waals surface area contributed by atoms with E-state index in [1.54, 1.807) is 6.07 Å². The number of benzene rings is 1. The SMILES string of the molecule is N#C/C(=N/Nc1ccc(O)c(C(=O)O)c1)C(N)=S. The fraction of sp³-hybridized carbons (Fsp3) is 0. The molecular weight excluding hydrogens is 256 g/mol. The van der Waals surface area contributed by atoms with E-state index in [1.807, 2.05) is 0 Å². The summed E-state index contributed by atoms with van der Waals surface area (Å²) in [6.07, 6.45) is 0. The van der Waals surface area contributed by atoms with Crippen molar-refractivity contribution in [2.75, 3.05) is 5.43 Å². The fourth-order valence-electron chi connectivity index (χ4n) is 1.03. The number of nitriles is 1. The predicted molar refractivity (Wildman–Crippen MR) is 68.5 cm³/mol. The minimum atomic E-state index is -1.28. The lowest BCUT2D eigenvalue weighted by molar-refractivity contribution is 0.0694. The first-order valence-electron chi connectivity index (χ1n) is 4.55. The van der Waals surface area contributed by atoms with Crippen LogP contribution >= 0.6 is 12.2 Å². The molecule has 0 bridgehead atoms. The van der Waals surface area contributed by atoms with Gasteiger partial charge in [-0.15, -0.1) is 0 Å². The van der Waals surface area contributed by atoms with E-state index in [0.717, 1.165) is 6.07 Å². The standard InChI is InChI=1S/C10H8N4O3S/c11-4-7(9(12)18)14-13-5-1-2-8(15)6(3-5)10(16)17/h1-3,13,15H,(H2,12,18)(H,16,17)/b14-7-. The zero-order valence-electron chi connectivity index (χ0n) is 8.91. The number of carbonyl (C=O) groups is 1. The summed E-state index contributed by atoms with van der Waals surface area (Å²) in [5, 5.41) is 30.3. The van der Waals surface area contributed by atoms with Crippen molar-refractivity contribution >= 4 is 34.6 Å². The smallest absolute Gasteiger partial charge is 0.339 e. The van der Waals surface area contributed by atoms with Gasteiger partial charge in [0.2, 0.25) is 0 Å². The molecule has 0 unspecified atom stereocenters. The van der Waals surface area contributed by atoms with Gasteiger partial charge in [0.05, 0.1) is 5.69 Å². The van der Waals surface area contributed by atoms with E-state index in [4.69, 9.17) is 16.1 Å². The third kappa shape index (κ3) is 3.16. The Morgan fingerprint density at radius 2 is 2.22 bits per heavy atom. The van der Waals surface area contributed by atoms with Crippen molar-refractivity contribution < 1.29 is 15.0 Å². The number of anilines is 1. The Balaban J connectivity index is 3.00. The second-order valence-electron chi connectivity index (χ2n) is 3.09. The van der Waals surface area contributed by atoms with Gasteiger partial charge < -0.3 is 15.9 Å². The lowest BCUT2D eigenvalue weighted by Crippen LogP contribution is -2.20. The van der Waals surface area contributed by atoms with E-state index in [1.165, 1.54) is 12.1 Å². The van der Waals surface area contributed by atoms with Crippen molar-refractivity contribution in [3.63, 3.8) is 0 Å². The quantitative estimate of drug-likeness (QED) is 0.272. The summed E-state index contributed by atoms with van der Waals surface area (Å²) in [6.45, 7) is 0. The molecule has 0 radical (unpaired) electrons. The Labute approximate surface area is 107 Å². The minimum Gasteiger partial charge on any atom is -0.507 e. The van der Waals surface area contributed by atoms with Crippen molar-refractivity contribution in [2.45, 2.75) is 0 Å². The Bertz CT molecular complexity index is 577. The number of thiocarbonyl (C=S) groups is 1. The molecule has 0 spiro atoms. The zero-order valence-corrected chi connectivity index (χ0v) is 9.73. The monoisotopic (exact) mass is 264 g/mol. The second-order valence-corrected chi connectivity index (χ2v) is 3.53. The number of hydrazone groups is 1. The molecule has 0 fully saturated rings. The van der Waals surface area contributed by atoms with Gasteiger partial charge >= 0.3 is 5.97 Å². The lowest BCUT2D eigenvalue weighted by atomic mass is 10.2. The number of nitrogens with two attached hydrogens (primary N) is 1. The topological polar surface area (TPSA) is 132 Å². The summed E-state index contributed by atoms with van der Waals surface area (Å²) in [6, 6.07) is 5.42. The van der Waals surface area contributed by atoms with Gasteiger partial charge in [0.25, 0.3) is 0 Å². The molecule has 0 aliphatic heterocycles. The predicted octanol–water partition coefficient (Wildman–Crippen LogP) is 0.668. The van der Waals surface area contributed by atoms with Gasteiger partial charge in [0.15, 0.2) is 5.71 Å². The van der Waals surface area contributed by atoms with Crippen molar-refractivity contribution in [3.05, 3.63) is 23.8 Å². The summed E-state index contributed by atoms with van der Waals surface area (Å²) < 4.78 is 0. The highest BCUT2D eigenvalue weighted by Gasteiger charge is 2.10. The molecule has 7 nitrogen and oxygen atoms in total. The summed E-state index contributed by atoms with van der Waals surface area (Å²) in [5.41, 5.74) is 7.44. The van der Waals surface area contributed by atoms with Crippen LogP contribution in [0.3, 0.4) is 0 Å². The van der Waals surface area contributed by atoms with E-state index in [2.05, 4.69) is 22.7 Å². The molecule has 92 valence electrons. The van der Waals surface area contributed by atoms with Crippen LogP contribution in [0, 0.1) is 11.3 Å². The molecule has 0 amide bonds. The van der Waals surface area contributed by atoms with Crippen LogP contribution in [0.2, 0.25) is 0 Å². The van der Waals surface area contributed by atoms with Crippen molar-refractivity contribution in [3.8, 4) is 11.8 Å².